The minimum Gasteiger partial charge on any atom is -0.497 e. The maximum absolute atomic E-state index is 12.1. The molecule has 1 aliphatic heterocycles. The molecule has 0 unspecified atom stereocenters. The molecule has 0 aromatic heterocycles. The maximum atomic E-state index is 12.1. The van der Waals surface area contributed by atoms with Gasteiger partial charge in [0.2, 0.25) is 0 Å². The van der Waals surface area contributed by atoms with Gasteiger partial charge in [-0.15, -0.1) is 0 Å². The van der Waals surface area contributed by atoms with Gasteiger partial charge >= 0.3 is 5.97 Å². The van der Waals surface area contributed by atoms with Crippen molar-refractivity contribution in [3.63, 3.8) is 0 Å². The number of carbonyl (C=O) groups is 2. The highest BCUT2D eigenvalue weighted by molar-refractivity contribution is 5.89. The first-order valence-electron chi connectivity index (χ1n) is 7.90. The van der Waals surface area contributed by atoms with Gasteiger partial charge in [-0.3, -0.25) is 4.79 Å². The van der Waals surface area contributed by atoms with Crippen LogP contribution in [0.4, 0.5) is 0 Å². The summed E-state index contributed by atoms with van der Waals surface area (Å²) in [4.78, 5) is 25.5. The number of rotatable bonds is 5. The van der Waals surface area contributed by atoms with Crippen LogP contribution in [0, 0.1) is 0 Å². The van der Waals surface area contributed by atoms with Crippen LogP contribution in [-0.2, 0) is 19.1 Å². The Bertz CT molecular complexity index is 586. The lowest BCUT2D eigenvalue weighted by Gasteiger charge is -2.35. The molecular formula is C18H23NO5. The number of hydrogen-bond donors (Lipinski definition) is 0. The Balaban J connectivity index is 1.79. The van der Waals surface area contributed by atoms with Gasteiger partial charge in [-0.25, -0.2) is 4.79 Å². The first kappa shape index (κ1) is 18.0. The van der Waals surface area contributed by atoms with Crippen molar-refractivity contribution in [2.45, 2.75) is 26.1 Å². The Morgan fingerprint density at radius 1 is 1.21 bits per heavy atom. The van der Waals surface area contributed by atoms with E-state index in [-0.39, 0.29) is 24.7 Å². The van der Waals surface area contributed by atoms with Crippen LogP contribution in [0.2, 0.25) is 0 Å². The zero-order chi connectivity index (χ0) is 17.5. The summed E-state index contributed by atoms with van der Waals surface area (Å²) in [6.07, 6.45) is 2.91. The van der Waals surface area contributed by atoms with E-state index in [4.69, 9.17) is 14.2 Å². The second-order valence-corrected chi connectivity index (χ2v) is 5.77. The number of nitrogens with zero attached hydrogens (tertiary/aromatic N) is 1. The van der Waals surface area contributed by atoms with Crippen molar-refractivity contribution < 1.29 is 23.8 Å². The molecule has 1 aromatic rings. The minimum absolute atomic E-state index is 0.0108. The molecule has 1 saturated heterocycles. The summed E-state index contributed by atoms with van der Waals surface area (Å²) < 4.78 is 15.7. The fourth-order valence-electron chi connectivity index (χ4n) is 2.53. The molecule has 2 atom stereocenters. The van der Waals surface area contributed by atoms with Crippen molar-refractivity contribution in [2.75, 3.05) is 26.8 Å². The third-order valence-corrected chi connectivity index (χ3v) is 3.64. The number of morpholine rings is 1. The van der Waals surface area contributed by atoms with Crippen molar-refractivity contribution in [2.24, 2.45) is 0 Å². The van der Waals surface area contributed by atoms with Crippen LogP contribution in [0.1, 0.15) is 19.4 Å². The molecule has 130 valence electrons. The molecule has 6 heteroatoms. The number of benzene rings is 1. The van der Waals surface area contributed by atoms with Crippen LogP contribution in [0.5, 0.6) is 5.75 Å². The van der Waals surface area contributed by atoms with Gasteiger partial charge in [-0.05, 0) is 37.6 Å². The topological polar surface area (TPSA) is 65.1 Å². The first-order valence-corrected chi connectivity index (χ1v) is 7.90. The lowest BCUT2D eigenvalue weighted by molar-refractivity contribution is -0.154. The second-order valence-electron chi connectivity index (χ2n) is 5.77. The number of hydrogen-bond acceptors (Lipinski definition) is 5. The fraction of sp³-hybridized carbons (Fsp3) is 0.444. The van der Waals surface area contributed by atoms with Crippen molar-refractivity contribution >= 4 is 18.0 Å². The third kappa shape index (κ3) is 5.38. The summed E-state index contributed by atoms with van der Waals surface area (Å²) in [6.45, 7) is 4.61. The Morgan fingerprint density at radius 2 is 1.83 bits per heavy atom. The number of ether oxygens (including phenoxy) is 3. The zero-order valence-corrected chi connectivity index (χ0v) is 14.2. The Labute approximate surface area is 142 Å². The molecule has 0 saturated carbocycles. The molecular weight excluding hydrogens is 310 g/mol. The van der Waals surface area contributed by atoms with Crippen LogP contribution < -0.4 is 4.74 Å². The van der Waals surface area contributed by atoms with E-state index in [0.717, 1.165) is 11.3 Å². The van der Waals surface area contributed by atoms with Crippen LogP contribution in [0.25, 0.3) is 6.08 Å². The molecule has 0 bridgehead atoms. The summed E-state index contributed by atoms with van der Waals surface area (Å²) in [5.41, 5.74) is 0.843. The predicted molar refractivity (Wildman–Crippen MR) is 89.6 cm³/mol. The number of carbonyl (C=O) groups excluding carboxylic acids is 2. The zero-order valence-electron chi connectivity index (χ0n) is 14.2. The van der Waals surface area contributed by atoms with Gasteiger partial charge in [0.25, 0.3) is 5.91 Å². The maximum Gasteiger partial charge on any atom is 0.331 e. The first-order chi connectivity index (χ1) is 11.5. The van der Waals surface area contributed by atoms with Gasteiger partial charge in [0.15, 0.2) is 6.61 Å². The van der Waals surface area contributed by atoms with Gasteiger partial charge in [-0.1, -0.05) is 12.1 Å². The van der Waals surface area contributed by atoms with Gasteiger partial charge in [0.05, 0.1) is 19.3 Å². The quantitative estimate of drug-likeness (QED) is 0.608. The molecule has 1 heterocycles. The highest BCUT2D eigenvalue weighted by Gasteiger charge is 2.26. The lowest BCUT2D eigenvalue weighted by atomic mass is 10.2. The summed E-state index contributed by atoms with van der Waals surface area (Å²) in [5, 5.41) is 0. The molecule has 2 rings (SSSR count). The largest absolute Gasteiger partial charge is 0.497 e. The van der Waals surface area contributed by atoms with E-state index in [1.54, 1.807) is 30.2 Å². The summed E-state index contributed by atoms with van der Waals surface area (Å²) in [5.74, 6) is -0.00832. The molecule has 0 radical (unpaired) electrons. The second kappa shape index (κ2) is 8.49. The van der Waals surface area contributed by atoms with Crippen molar-refractivity contribution in [1.82, 2.24) is 4.90 Å². The van der Waals surface area contributed by atoms with E-state index >= 15 is 0 Å². The fourth-order valence-corrected chi connectivity index (χ4v) is 2.53. The molecule has 0 N–H and O–H groups in total. The molecule has 0 aliphatic carbocycles. The Morgan fingerprint density at radius 3 is 2.42 bits per heavy atom. The van der Waals surface area contributed by atoms with E-state index in [1.807, 2.05) is 26.0 Å². The van der Waals surface area contributed by atoms with Gasteiger partial charge in [0, 0.05) is 19.2 Å². The number of methoxy groups -OCH3 is 1. The normalized spacial score (nSPS) is 20.9. The number of amides is 1. The molecule has 1 fully saturated rings. The van der Waals surface area contributed by atoms with Crippen LogP contribution in [0.3, 0.4) is 0 Å². The number of esters is 1. The highest BCUT2D eigenvalue weighted by Crippen LogP contribution is 2.13. The Kier molecular flexibility index (Phi) is 6.37. The molecule has 1 amide bonds. The minimum atomic E-state index is -0.548. The van der Waals surface area contributed by atoms with E-state index in [9.17, 15) is 9.59 Å². The van der Waals surface area contributed by atoms with Crippen LogP contribution in [0.15, 0.2) is 30.3 Å². The molecule has 0 spiro atoms. The van der Waals surface area contributed by atoms with E-state index in [1.165, 1.54) is 6.08 Å². The van der Waals surface area contributed by atoms with E-state index in [2.05, 4.69) is 0 Å². The predicted octanol–water partition coefficient (Wildman–Crippen LogP) is 1.89. The van der Waals surface area contributed by atoms with E-state index in [0.29, 0.717) is 13.1 Å². The van der Waals surface area contributed by atoms with Crippen molar-refractivity contribution in [3.8, 4) is 5.75 Å². The van der Waals surface area contributed by atoms with E-state index < -0.39 is 5.97 Å². The SMILES string of the molecule is COc1ccc(/C=C/C(=O)OCC(=O)N2C[C@H](C)O[C@@H](C)C2)cc1. The Hall–Kier alpha value is -2.34. The average Bonchev–Trinajstić information content (AvgIpc) is 2.57. The molecule has 6 nitrogen and oxygen atoms in total. The average molecular weight is 333 g/mol. The van der Waals surface area contributed by atoms with Crippen molar-refractivity contribution in [1.29, 1.82) is 0 Å². The highest BCUT2D eigenvalue weighted by atomic mass is 16.5. The standard InChI is InChI=1S/C18H23NO5/c1-13-10-19(11-14(2)24-13)17(20)12-23-18(21)9-6-15-4-7-16(22-3)8-5-15/h4-9,13-14H,10-12H2,1-3H3/b9-6+/t13-,14-/m0/s1. The van der Waals surface area contributed by atoms with Gasteiger partial charge in [-0.2, -0.15) is 0 Å². The van der Waals surface area contributed by atoms with Gasteiger partial charge < -0.3 is 19.1 Å². The molecule has 1 aromatic carbocycles. The van der Waals surface area contributed by atoms with Crippen LogP contribution >= 0.6 is 0 Å². The molecule has 24 heavy (non-hydrogen) atoms. The van der Waals surface area contributed by atoms with Crippen LogP contribution in [-0.4, -0.2) is 55.8 Å². The summed E-state index contributed by atoms with van der Waals surface area (Å²) >= 11 is 0. The summed E-state index contributed by atoms with van der Waals surface area (Å²) in [7, 11) is 1.59. The van der Waals surface area contributed by atoms with Crippen molar-refractivity contribution in [3.05, 3.63) is 35.9 Å². The lowest BCUT2D eigenvalue weighted by Crippen LogP contribution is -2.49. The summed E-state index contributed by atoms with van der Waals surface area (Å²) in [6, 6.07) is 7.25. The van der Waals surface area contributed by atoms with Gasteiger partial charge in [0.1, 0.15) is 5.75 Å². The molecule has 1 aliphatic rings. The third-order valence-electron chi connectivity index (χ3n) is 3.64. The smallest absolute Gasteiger partial charge is 0.331 e. The monoisotopic (exact) mass is 333 g/mol.